The van der Waals surface area contributed by atoms with Gasteiger partial charge in [0.25, 0.3) is 0 Å². The van der Waals surface area contributed by atoms with E-state index in [0.29, 0.717) is 17.9 Å². The summed E-state index contributed by atoms with van der Waals surface area (Å²) < 4.78 is 28.9. The third-order valence-corrected chi connectivity index (χ3v) is 10.0. The molecule has 0 radical (unpaired) electrons. The van der Waals surface area contributed by atoms with E-state index in [2.05, 4.69) is 5.32 Å². The fraction of sp³-hybridized carbons (Fsp3) is 0.588. The molecule has 3 aliphatic rings. The summed E-state index contributed by atoms with van der Waals surface area (Å²) in [6.45, 7) is 8.29. The minimum atomic E-state index is -1.81. The van der Waals surface area contributed by atoms with Gasteiger partial charge in [0.05, 0.1) is 25.3 Å². The van der Waals surface area contributed by atoms with E-state index in [-0.39, 0.29) is 23.8 Å². The zero-order chi connectivity index (χ0) is 35.7. The number of esters is 1. The number of ether oxygens (including phenoxy) is 5. The van der Waals surface area contributed by atoms with Crippen LogP contribution in [0.1, 0.15) is 53.0 Å². The number of aliphatic hydroxyl groups is 1. The molecule has 3 heterocycles. The van der Waals surface area contributed by atoms with E-state index < -0.39 is 65.7 Å². The van der Waals surface area contributed by atoms with Gasteiger partial charge in [-0.1, -0.05) is 42.3 Å². The number of anilines is 1. The van der Waals surface area contributed by atoms with E-state index in [9.17, 15) is 24.3 Å². The summed E-state index contributed by atoms with van der Waals surface area (Å²) in [5, 5.41) is 14.4. The zero-order valence-corrected chi connectivity index (χ0v) is 29.6. The quantitative estimate of drug-likeness (QED) is 0.346. The lowest BCUT2D eigenvalue weighted by Gasteiger charge is -2.42. The van der Waals surface area contributed by atoms with E-state index in [1.807, 2.05) is 13.0 Å². The molecule has 13 nitrogen and oxygen atoms in total. The van der Waals surface area contributed by atoms with Crippen LogP contribution in [-0.4, -0.2) is 104 Å². The molecule has 2 saturated heterocycles. The number of epoxide rings is 1. The summed E-state index contributed by atoms with van der Waals surface area (Å²) in [7, 11) is 5.97. The van der Waals surface area contributed by atoms with Gasteiger partial charge >= 0.3 is 12.1 Å². The molecule has 14 heteroatoms. The van der Waals surface area contributed by atoms with Gasteiger partial charge < -0.3 is 38.6 Å². The first kappa shape index (κ1) is 37.2. The van der Waals surface area contributed by atoms with Gasteiger partial charge in [-0.2, -0.15) is 0 Å². The van der Waals surface area contributed by atoms with Crippen LogP contribution >= 0.6 is 11.6 Å². The maximum Gasteiger partial charge on any atom is 0.409 e. The number of hydrogen-bond donors (Lipinski definition) is 2. The number of nitrogens with one attached hydrogen (secondary N) is 1. The summed E-state index contributed by atoms with van der Waals surface area (Å²) >= 11 is 6.71. The third-order valence-electron chi connectivity index (χ3n) is 9.63. The van der Waals surface area contributed by atoms with Crippen molar-refractivity contribution in [3.05, 3.63) is 46.5 Å². The molecule has 264 valence electrons. The molecule has 1 unspecified atom stereocenters. The zero-order valence-electron chi connectivity index (χ0n) is 28.9. The number of amides is 3. The Hall–Kier alpha value is -3.65. The number of likely N-dealkylation sites (N-methyl/N-ethyl adjacent to an activating group) is 1. The van der Waals surface area contributed by atoms with E-state index in [1.54, 1.807) is 45.2 Å². The van der Waals surface area contributed by atoms with Gasteiger partial charge in [0, 0.05) is 40.5 Å². The van der Waals surface area contributed by atoms with Gasteiger partial charge in [-0.05, 0) is 44.9 Å². The predicted octanol–water partition coefficient (Wildman–Crippen LogP) is 3.53. The smallest absolute Gasteiger partial charge is 0.409 e. The second kappa shape index (κ2) is 14.5. The minimum Gasteiger partial charge on any atom is -0.495 e. The molecule has 3 aliphatic heterocycles. The Kier molecular flexibility index (Phi) is 11.2. The molecule has 48 heavy (non-hydrogen) atoms. The number of carbonyl (C=O) groups excluding carboxylic acids is 4. The van der Waals surface area contributed by atoms with Gasteiger partial charge in [-0.3, -0.25) is 14.9 Å². The van der Waals surface area contributed by atoms with Crippen molar-refractivity contribution < 1.29 is 48.0 Å². The van der Waals surface area contributed by atoms with E-state index in [1.165, 1.54) is 44.9 Å². The van der Waals surface area contributed by atoms with Gasteiger partial charge in [0.15, 0.2) is 5.72 Å². The lowest BCUT2D eigenvalue weighted by atomic mass is 9.83. The number of fused-ring (bicyclic) bond motifs is 5. The summed E-state index contributed by atoms with van der Waals surface area (Å²) in [4.78, 5) is 54.7. The number of alkyl carbamates (subject to hydrolysis) is 1. The monoisotopic (exact) mass is 691 g/mol. The molecule has 0 spiro atoms. The molecular weight excluding hydrogens is 646 g/mol. The van der Waals surface area contributed by atoms with E-state index >= 15 is 0 Å². The Bertz CT molecular complexity index is 1500. The molecule has 4 bridgehead atoms. The molecule has 3 amide bonds. The highest BCUT2D eigenvalue weighted by atomic mass is 35.5. The Morgan fingerprint density at radius 1 is 1.25 bits per heavy atom. The van der Waals surface area contributed by atoms with Crippen LogP contribution in [0.4, 0.5) is 10.5 Å². The normalized spacial score (nSPS) is 33.2. The van der Waals surface area contributed by atoms with Crippen molar-refractivity contribution in [2.75, 3.05) is 33.2 Å². The molecule has 2 N–H and O–H groups in total. The number of nitrogens with zero attached hydrogens (tertiary/aromatic N) is 2. The summed E-state index contributed by atoms with van der Waals surface area (Å²) in [5.74, 6) is -1.63. The lowest BCUT2D eigenvalue weighted by molar-refractivity contribution is -0.161. The Labute approximate surface area is 286 Å². The Balaban J connectivity index is 1.80. The van der Waals surface area contributed by atoms with Crippen LogP contribution in [0, 0.1) is 5.92 Å². The highest BCUT2D eigenvalue weighted by molar-refractivity contribution is 6.35. The number of benzene rings is 1. The van der Waals surface area contributed by atoms with E-state index in [0.717, 1.165) is 11.1 Å². The Morgan fingerprint density at radius 2 is 1.94 bits per heavy atom. The van der Waals surface area contributed by atoms with Crippen molar-refractivity contribution in [2.45, 2.75) is 95.7 Å². The van der Waals surface area contributed by atoms with Crippen molar-refractivity contribution in [1.82, 2.24) is 10.2 Å². The molecule has 1 aromatic carbocycles. The van der Waals surface area contributed by atoms with Crippen LogP contribution in [0.15, 0.2) is 35.9 Å². The van der Waals surface area contributed by atoms with Crippen molar-refractivity contribution in [3.63, 3.8) is 0 Å². The molecule has 0 saturated carbocycles. The molecule has 8 atom stereocenters. The van der Waals surface area contributed by atoms with Crippen LogP contribution in [0.3, 0.4) is 0 Å². The summed E-state index contributed by atoms with van der Waals surface area (Å²) in [6, 6.07) is 2.63. The third kappa shape index (κ3) is 7.64. The number of methoxy groups -OCH3 is 2. The largest absolute Gasteiger partial charge is 0.495 e. The minimum absolute atomic E-state index is 0.0436. The van der Waals surface area contributed by atoms with Crippen LogP contribution in [0.2, 0.25) is 5.02 Å². The molecular formula is C34H46ClN3O10. The average Bonchev–Trinajstić information content (AvgIpc) is 3.73. The van der Waals surface area contributed by atoms with Crippen LogP contribution < -0.4 is 15.0 Å². The SMILES string of the molecule is COc1cc2cc(c1Cl)N(C)C(=O)C[C@H](OC(=O)[C@H](C)N(C)C(C)=O)[C@]1(C)O[C@H]1[C@H](C)[C@@H]1C[C@@](O)(NC(=O)O1)C(OC)/C=C/C=C(/C)C2. The van der Waals surface area contributed by atoms with Crippen LogP contribution in [0.5, 0.6) is 5.75 Å². The van der Waals surface area contributed by atoms with E-state index in [4.69, 9.17) is 35.3 Å². The van der Waals surface area contributed by atoms with Gasteiger partial charge in [0.2, 0.25) is 11.8 Å². The van der Waals surface area contributed by atoms with Crippen LogP contribution in [-0.2, 0) is 39.8 Å². The van der Waals surface area contributed by atoms with Crippen LogP contribution in [0.25, 0.3) is 0 Å². The van der Waals surface area contributed by atoms with Crippen molar-refractivity contribution in [2.24, 2.45) is 5.92 Å². The number of allylic oxidation sites excluding steroid dienone is 3. The number of hydrogen-bond acceptors (Lipinski definition) is 10. The molecule has 0 aliphatic carbocycles. The van der Waals surface area contributed by atoms with Crippen molar-refractivity contribution in [3.8, 4) is 5.75 Å². The van der Waals surface area contributed by atoms with Crippen molar-refractivity contribution >= 4 is 41.2 Å². The van der Waals surface area contributed by atoms with Gasteiger partial charge in [-0.15, -0.1) is 0 Å². The first-order chi connectivity index (χ1) is 22.4. The standard InChI is InChI=1S/C34H46ClN3O10/c1-18-11-10-12-26(45-9)34(43)17-25(46-32(42)36-34)19(2)30-33(5,48-30)27(47-31(41)20(3)37(6)21(4)39)16-28(40)38(7)23-14-22(13-18)15-24(44-8)29(23)35/h10-12,14-15,19-20,25-27,30,43H,13,16-17H2,1-9H3,(H,36,42)/b12-10+,18-11-/t19-,20+,25+,26?,27+,30+,33+,34+/m1/s1. The second-order valence-electron chi connectivity index (χ2n) is 13.0. The topological polar surface area (TPSA) is 156 Å². The van der Waals surface area contributed by atoms with Gasteiger partial charge in [-0.25, -0.2) is 9.59 Å². The molecule has 4 rings (SSSR count). The van der Waals surface area contributed by atoms with Crippen molar-refractivity contribution in [1.29, 1.82) is 0 Å². The summed E-state index contributed by atoms with van der Waals surface area (Å²) in [5.41, 5.74) is -0.871. The first-order valence-electron chi connectivity index (χ1n) is 15.8. The number of halogens is 1. The average molecular weight is 692 g/mol. The fourth-order valence-electron chi connectivity index (χ4n) is 6.27. The lowest BCUT2D eigenvalue weighted by Crippen LogP contribution is -2.63. The molecule has 2 fully saturated rings. The highest BCUT2D eigenvalue weighted by Crippen LogP contribution is 2.49. The number of carbonyl (C=O) groups is 4. The second-order valence-corrected chi connectivity index (χ2v) is 13.4. The molecule has 1 aromatic rings. The first-order valence-corrected chi connectivity index (χ1v) is 16.2. The highest BCUT2D eigenvalue weighted by Gasteiger charge is 2.64. The predicted molar refractivity (Wildman–Crippen MR) is 177 cm³/mol. The Morgan fingerprint density at radius 3 is 2.56 bits per heavy atom. The fourth-order valence-corrected chi connectivity index (χ4v) is 6.59. The molecule has 0 aromatic heterocycles. The number of rotatable bonds is 5. The van der Waals surface area contributed by atoms with Gasteiger partial charge in [0.1, 0.15) is 40.7 Å². The maximum absolute atomic E-state index is 14.0. The maximum atomic E-state index is 14.0. The summed E-state index contributed by atoms with van der Waals surface area (Å²) in [6.07, 6.45) is 1.02.